The number of alkyl halides is 3. The van der Waals surface area contributed by atoms with Crippen LogP contribution in [0.15, 0.2) is 52.8 Å². The zero-order valence-corrected chi connectivity index (χ0v) is 8.93. The Morgan fingerprint density at radius 1 is 1.41 bits per heavy atom. The summed E-state index contributed by atoms with van der Waals surface area (Å²) in [5.74, 6) is -1.63. The van der Waals surface area contributed by atoms with Crippen LogP contribution in [0.2, 0.25) is 0 Å². The number of carboxylic acids is 1. The Kier molecular flexibility index (Phi) is 3.44. The molecule has 0 bridgehead atoms. The van der Waals surface area contributed by atoms with E-state index in [4.69, 9.17) is 5.11 Å². The molecule has 1 rings (SSSR count). The second-order valence-electron chi connectivity index (χ2n) is 3.41. The van der Waals surface area contributed by atoms with Gasteiger partial charge in [0, 0.05) is 5.57 Å². The molecule has 0 radical (unpaired) electrons. The summed E-state index contributed by atoms with van der Waals surface area (Å²) in [5.41, 5.74) is 0.479. The zero-order chi connectivity index (χ0) is 13.2. The summed E-state index contributed by atoms with van der Waals surface area (Å²) in [6.07, 6.45) is -1.36. The van der Waals surface area contributed by atoms with Crippen molar-refractivity contribution in [3.05, 3.63) is 52.8 Å². The maximum absolute atomic E-state index is 12.8. The molecule has 0 aromatic carbocycles. The van der Waals surface area contributed by atoms with E-state index in [1.807, 2.05) is 0 Å². The van der Waals surface area contributed by atoms with E-state index in [0.29, 0.717) is 5.57 Å². The Hall–Kier alpha value is -2.00. The maximum Gasteiger partial charge on any atom is 0.418 e. The van der Waals surface area contributed by atoms with Gasteiger partial charge in [-0.05, 0) is 24.6 Å². The summed E-state index contributed by atoms with van der Waals surface area (Å²) in [4.78, 5) is 10.8. The average Bonchev–Trinajstić information content (AvgIpc) is 2.15. The number of carboxylic acid groups (broad SMARTS) is 1. The van der Waals surface area contributed by atoms with Crippen molar-refractivity contribution in [1.82, 2.24) is 0 Å². The van der Waals surface area contributed by atoms with Gasteiger partial charge in [-0.2, -0.15) is 13.2 Å². The van der Waals surface area contributed by atoms with Gasteiger partial charge >= 0.3 is 12.1 Å². The van der Waals surface area contributed by atoms with Crippen LogP contribution in [0.4, 0.5) is 13.2 Å². The van der Waals surface area contributed by atoms with Crippen molar-refractivity contribution in [3.63, 3.8) is 0 Å². The lowest BCUT2D eigenvalue weighted by atomic mass is 9.98. The molecular weight excluding hydrogens is 233 g/mol. The van der Waals surface area contributed by atoms with Crippen LogP contribution in [-0.4, -0.2) is 17.3 Å². The average molecular weight is 242 g/mol. The highest BCUT2D eigenvalue weighted by Crippen LogP contribution is 2.34. The molecule has 0 saturated carbocycles. The molecule has 90 valence electrons. The first-order valence-corrected chi connectivity index (χ1v) is 4.59. The van der Waals surface area contributed by atoms with Gasteiger partial charge in [-0.3, -0.25) is 0 Å². The highest BCUT2D eigenvalue weighted by Gasteiger charge is 2.38. The highest BCUT2D eigenvalue weighted by molar-refractivity contribution is 5.92. The van der Waals surface area contributed by atoms with Crippen molar-refractivity contribution in [2.75, 3.05) is 0 Å². The van der Waals surface area contributed by atoms with Gasteiger partial charge in [-0.15, -0.1) is 5.73 Å². The zero-order valence-electron chi connectivity index (χ0n) is 8.93. The van der Waals surface area contributed by atoms with Gasteiger partial charge in [0.15, 0.2) is 0 Å². The molecular formula is C12H9F3O2. The summed E-state index contributed by atoms with van der Waals surface area (Å²) in [6, 6.07) is 0. The van der Waals surface area contributed by atoms with E-state index in [9.17, 15) is 18.0 Å². The molecule has 17 heavy (non-hydrogen) atoms. The van der Waals surface area contributed by atoms with Crippen molar-refractivity contribution in [3.8, 4) is 0 Å². The van der Waals surface area contributed by atoms with Crippen LogP contribution in [0.3, 0.4) is 0 Å². The van der Waals surface area contributed by atoms with Gasteiger partial charge in [0.1, 0.15) is 0 Å². The van der Waals surface area contributed by atoms with Crippen LogP contribution in [0.1, 0.15) is 6.92 Å². The molecule has 1 N–H and O–H groups in total. The van der Waals surface area contributed by atoms with Gasteiger partial charge in [-0.25, -0.2) is 4.79 Å². The Balaban J connectivity index is 3.61. The summed E-state index contributed by atoms with van der Waals surface area (Å²) < 4.78 is 38.3. The van der Waals surface area contributed by atoms with Gasteiger partial charge in [-0.1, -0.05) is 12.7 Å². The number of allylic oxidation sites excluding steroid dienone is 4. The molecule has 0 aromatic rings. The minimum absolute atomic E-state index is 0.277. The Labute approximate surface area is 95.8 Å². The van der Waals surface area contributed by atoms with E-state index in [1.54, 1.807) is 0 Å². The molecule has 2 nitrogen and oxygen atoms in total. The van der Waals surface area contributed by atoms with E-state index >= 15 is 0 Å². The normalized spacial score (nSPS) is 20.9. The molecule has 0 atom stereocenters. The summed E-state index contributed by atoms with van der Waals surface area (Å²) in [6.45, 7) is 4.68. The van der Waals surface area contributed by atoms with E-state index in [-0.39, 0.29) is 5.57 Å². The van der Waals surface area contributed by atoms with Crippen LogP contribution < -0.4 is 0 Å². The molecule has 0 aliphatic heterocycles. The first kappa shape index (κ1) is 13.1. The minimum atomic E-state index is -4.73. The Morgan fingerprint density at radius 3 is 2.47 bits per heavy atom. The second kappa shape index (κ2) is 4.47. The number of rotatable bonds is 1. The van der Waals surface area contributed by atoms with Crippen molar-refractivity contribution < 1.29 is 23.1 Å². The van der Waals surface area contributed by atoms with E-state index in [0.717, 1.165) is 13.0 Å². The number of carbonyl (C=O) groups is 1. The lowest BCUT2D eigenvalue weighted by molar-refractivity contribution is -0.133. The van der Waals surface area contributed by atoms with Crippen molar-refractivity contribution >= 4 is 5.97 Å². The first-order chi connectivity index (χ1) is 7.73. The first-order valence-electron chi connectivity index (χ1n) is 4.59. The number of aliphatic carboxylic acids is 1. The third-order valence-electron chi connectivity index (χ3n) is 2.10. The standard InChI is InChI=1S/C12H9F3O2/c1-7-3-5-8(2)10(12(13,14)15)9(6-4-7)11(16)17/h3-4,6H,1H2,2H3,(H,16,17)/b6-4?,10-9-. The van der Waals surface area contributed by atoms with Crippen molar-refractivity contribution in [1.29, 1.82) is 0 Å². The molecule has 0 aromatic heterocycles. The summed E-state index contributed by atoms with van der Waals surface area (Å²) in [7, 11) is 0. The van der Waals surface area contributed by atoms with Crippen molar-refractivity contribution in [2.24, 2.45) is 0 Å². The van der Waals surface area contributed by atoms with E-state index in [1.165, 1.54) is 12.2 Å². The molecule has 0 amide bonds. The van der Waals surface area contributed by atoms with Gasteiger partial charge in [0.2, 0.25) is 0 Å². The van der Waals surface area contributed by atoms with Crippen LogP contribution in [0, 0.1) is 0 Å². The molecule has 0 saturated heterocycles. The minimum Gasteiger partial charge on any atom is -0.478 e. The number of halogens is 3. The molecule has 0 unspecified atom stereocenters. The Morgan fingerprint density at radius 2 is 2.00 bits per heavy atom. The molecule has 1 aliphatic rings. The second-order valence-corrected chi connectivity index (χ2v) is 3.41. The molecule has 0 heterocycles. The summed E-state index contributed by atoms with van der Waals surface area (Å²) >= 11 is 0. The lowest BCUT2D eigenvalue weighted by Gasteiger charge is -2.14. The topological polar surface area (TPSA) is 37.3 Å². The number of hydrogen-bond donors (Lipinski definition) is 1. The van der Waals surface area contributed by atoms with Gasteiger partial charge in [0.05, 0.1) is 11.1 Å². The monoisotopic (exact) mass is 242 g/mol. The van der Waals surface area contributed by atoms with Crippen LogP contribution >= 0.6 is 0 Å². The molecule has 0 spiro atoms. The highest BCUT2D eigenvalue weighted by atomic mass is 19.4. The van der Waals surface area contributed by atoms with Crippen LogP contribution in [0.5, 0.6) is 0 Å². The quantitative estimate of drug-likeness (QED) is 0.717. The summed E-state index contributed by atoms with van der Waals surface area (Å²) in [5, 5.41) is 8.80. The van der Waals surface area contributed by atoms with Crippen LogP contribution in [0.25, 0.3) is 0 Å². The predicted octanol–water partition coefficient (Wildman–Crippen LogP) is 3.16. The van der Waals surface area contributed by atoms with E-state index in [2.05, 4.69) is 12.3 Å². The molecule has 5 heteroatoms. The third-order valence-corrected chi connectivity index (χ3v) is 2.10. The SMILES string of the molecule is C=C1C=C=C(C)/C(C(F)(F)F)=C(/C(=O)O)C=C1. The Bertz CT molecular complexity index is 498. The predicted molar refractivity (Wildman–Crippen MR) is 56.3 cm³/mol. The third kappa shape index (κ3) is 2.98. The lowest BCUT2D eigenvalue weighted by Crippen LogP contribution is -2.18. The molecule has 1 aliphatic carbocycles. The molecule has 0 fully saturated rings. The fourth-order valence-electron chi connectivity index (χ4n) is 1.34. The largest absolute Gasteiger partial charge is 0.478 e. The van der Waals surface area contributed by atoms with Gasteiger partial charge < -0.3 is 5.11 Å². The fourth-order valence-corrected chi connectivity index (χ4v) is 1.34. The van der Waals surface area contributed by atoms with Crippen molar-refractivity contribution in [2.45, 2.75) is 13.1 Å². The fraction of sp³-hybridized carbons (Fsp3) is 0.167. The maximum atomic E-state index is 12.8. The van der Waals surface area contributed by atoms with Crippen LogP contribution in [-0.2, 0) is 4.79 Å². The smallest absolute Gasteiger partial charge is 0.418 e. The van der Waals surface area contributed by atoms with Gasteiger partial charge in [0.25, 0.3) is 0 Å². The number of hydrogen-bond acceptors (Lipinski definition) is 1. The van der Waals surface area contributed by atoms with E-state index < -0.39 is 23.3 Å².